The number of hydrogen-bond acceptors (Lipinski definition) is 1. The van der Waals surface area contributed by atoms with Crippen molar-refractivity contribution in [3.8, 4) is 0 Å². The molecule has 0 aliphatic rings. The fourth-order valence-electron chi connectivity index (χ4n) is 1.16. The summed E-state index contributed by atoms with van der Waals surface area (Å²) in [5.41, 5.74) is 1.40. The molecule has 74 valence electrons. The fraction of sp³-hybridized carbons (Fsp3) is 0.400. The molecule has 0 aromatic rings. The minimum Gasteiger partial charge on any atom is -0.389 e. The second kappa shape index (κ2) is 5.95. The van der Waals surface area contributed by atoms with Crippen molar-refractivity contribution in [2.75, 3.05) is 0 Å². The van der Waals surface area contributed by atoms with Crippen LogP contribution in [0.4, 0.5) is 4.39 Å². The van der Waals surface area contributed by atoms with Crippen molar-refractivity contribution in [2.24, 2.45) is 0 Å². The second-order valence-electron chi connectivity index (χ2n) is 2.79. The summed E-state index contributed by atoms with van der Waals surface area (Å²) in [6, 6.07) is 0. The first kappa shape index (κ1) is 12.4. The fourth-order valence-corrected chi connectivity index (χ4v) is 1.47. The number of allylic oxidation sites excluding steroid dienone is 3. The van der Waals surface area contributed by atoms with Crippen LogP contribution in [0, 0.1) is 0 Å². The molecule has 0 aliphatic heterocycles. The molecule has 0 aliphatic carbocycles. The molecule has 0 aromatic carbocycles. The summed E-state index contributed by atoms with van der Waals surface area (Å²) in [4.78, 5) is 0. The Morgan fingerprint density at radius 1 is 1.46 bits per heavy atom. The highest BCUT2D eigenvalue weighted by atomic mass is 35.5. The predicted octanol–water partition coefficient (Wildman–Crippen LogP) is 3.31. The Kier molecular flexibility index (Phi) is 5.67. The SMILES string of the molecule is CC(=C/C=C/F)/C(=C(\C)Cl)[C@H](C)O. The highest BCUT2D eigenvalue weighted by Crippen LogP contribution is 2.20. The van der Waals surface area contributed by atoms with E-state index in [1.54, 1.807) is 26.8 Å². The Balaban J connectivity index is 4.89. The van der Waals surface area contributed by atoms with Crippen LogP contribution in [0.25, 0.3) is 0 Å². The van der Waals surface area contributed by atoms with Gasteiger partial charge < -0.3 is 5.11 Å². The quantitative estimate of drug-likeness (QED) is 0.700. The van der Waals surface area contributed by atoms with Gasteiger partial charge in [0.25, 0.3) is 0 Å². The number of aliphatic hydroxyl groups is 1. The summed E-state index contributed by atoms with van der Waals surface area (Å²) >= 11 is 5.77. The van der Waals surface area contributed by atoms with Crippen LogP contribution < -0.4 is 0 Å². The van der Waals surface area contributed by atoms with E-state index in [9.17, 15) is 9.50 Å². The Morgan fingerprint density at radius 3 is 2.31 bits per heavy atom. The molecule has 1 N–H and O–H groups in total. The molecule has 0 rings (SSSR count). The third-order valence-corrected chi connectivity index (χ3v) is 1.84. The van der Waals surface area contributed by atoms with Crippen molar-refractivity contribution >= 4 is 11.6 Å². The molecule has 0 heterocycles. The molecular weight excluding hydrogens is 191 g/mol. The average Bonchev–Trinajstić information content (AvgIpc) is 1.99. The summed E-state index contributed by atoms with van der Waals surface area (Å²) in [6.07, 6.45) is 2.62. The summed E-state index contributed by atoms with van der Waals surface area (Å²) in [6.45, 7) is 5.09. The summed E-state index contributed by atoms with van der Waals surface area (Å²) < 4.78 is 11.7. The highest BCUT2D eigenvalue weighted by Gasteiger charge is 2.09. The molecule has 0 spiro atoms. The topological polar surface area (TPSA) is 20.2 Å². The molecule has 0 unspecified atom stereocenters. The van der Waals surface area contributed by atoms with Gasteiger partial charge >= 0.3 is 0 Å². The van der Waals surface area contributed by atoms with Crippen molar-refractivity contribution in [3.63, 3.8) is 0 Å². The molecule has 1 atom stereocenters. The smallest absolute Gasteiger partial charge is 0.0867 e. The van der Waals surface area contributed by atoms with Gasteiger partial charge in [0, 0.05) is 5.03 Å². The number of halogens is 2. The number of hydrogen-bond donors (Lipinski definition) is 1. The molecule has 0 bridgehead atoms. The van der Waals surface area contributed by atoms with Gasteiger partial charge in [0.1, 0.15) is 0 Å². The molecule has 3 heteroatoms. The minimum absolute atomic E-state index is 0.437. The summed E-state index contributed by atoms with van der Waals surface area (Å²) in [5, 5.41) is 9.88. The normalized spacial score (nSPS) is 17.5. The highest BCUT2D eigenvalue weighted by molar-refractivity contribution is 6.29. The van der Waals surface area contributed by atoms with Crippen LogP contribution in [0.15, 0.2) is 34.7 Å². The van der Waals surface area contributed by atoms with Crippen molar-refractivity contribution in [1.29, 1.82) is 0 Å². The largest absolute Gasteiger partial charge is 0.389 e. The van der Waals surface area contributed by atoms with Crippen LogP contribution in [-0.4, -0.2) is 11.2 Å². The molecule has 0 saturated heterocycles. The maximum Gasteiger partial charge on any atom is 0.0867 e. The van der Waals surface area contributed by atoms with Gasteiger partial charge in [-0.2, -0.15) is 0 Å². The van der Waals surface area contributed by atoms with Gasteiger partial charge in [0.15, 0.2) is 0 Å². The van der Waals surface area contributed by atoms with Crippen molar-refractivity contribution < 1.29 is 9.50 Å². The van der Waals surface area contributed by atoms with Gasteiger partial charge in [-0.15, -0.1) is 0 Å². The lowest BCUT2D eigenvalue weighted by atomic mass is 10.0. The Labute approximate surface area is 83.2 Å². The maximum absolute atomic E-state index is 11.7. The molecular formula is C10H14ClFO. The van der Waals surface area contributed by atoms with Gasteiger partial charge in [0.05, 0.1) is 12.4 Å². The zero-order valence-corrected chi connectivity index (χ0v) is 8.77. The van der Waals surface area contributed by atoms with Crippen molar-refractivity contribution in [1.82, 2.24) is 0 Å². The maximum atomic E-state index is 11.7. The van der Waals surface area contributed by atoms with E-state index >= 15 is 0 Å². The van der Waals surface area contributed by atoms with E-state index in [4.69, 9.17) is 11.6 Å². The van der Waals surface area contributed by atoms with Crippen LogP contribution >= 0.6 is 11.6 Å². The third kappa shape index (κ3) is 4.25. The van der Waals surface area contributed by atoms with Crippen molar-refractivity contribution in [3.05, 3.63) is 34.7 Å². The number of aliphatic hydroxyl groups excluding tert-OH is 1. The minimum atomic E-state index is -0.637. The monoisotopic (exact) mass is 204 g/mol. The lowest BCUT2D eigenvalue weighted by Gasteiger charge is -2.11. The summed E-state index contributed by atoms with van der Waals surface area (Å²) in [5.74, 6) is 0. The van der Waals surface area contributed by atoms with E-state index in [1.165, 1.54) is 6.08 Å². The first-order chi connectivity index (χ1) is 6.00. The Hall–Kier alpha value is -0.600. The van der Waals surface area contributed by atoms with Crippen LogP contribution in [0.1, 0.15) is 20.8 Å². The van der Waals surface area contributed by atoms with E-state index in [0.717, 1.165) is 5.57 Å². The van der Waals surface area contributed by atoms with Gasteiger partial charge in [-0.25, -0.2) is 4.39 Å². The standard InChI is InChI=1S/C10H14ClFO/c1-7(5-4-6-12)10(8(2)11)9(3)13/h4-6,9,13H,1-3H3/b6-4+,7-5-,10-8-/t9-/m0/s1. The molecule has 0 aromatic heterocycles. The van der Waals surface area contributed by atoms with Gasteiger partial charge in [0.2, 0.25) is 0 Å². The van der Waals surface area contributed by atoms with E-state index in [-0.39, 0.29) is 0 Å². The van der Waals surface area contributed by atoms with E-state index in [1.807, 2.05) is 0 Å². The molecule has 13 heavy (non-hydrogen) atoms. The lowest BCUT2D eigenvalue weighted by Crippen LogP contribution is -2.06. The molecule has 0 radical (unpaired) electrons. The lowest BCUT2D eigenvalue weighted by molar-refractivity contribution is 0.233. The van der Waals surface area contributed by atoms with Crippen LogP contribution in [-0.2, 0) is 0 Å². The first-order valence-corrected chi connectivity index (χ1v) is 4.36. The Bertz CT molecular complexity index is 248. The van der Waals surface area contributed by atoms with E-state index in [2.05, 4.69) is 0 Å². The van der Waals surface area contributed by atoms with Crippen LogP contribution in [0.3, 0.4) is 0 Å². The van der Waals surface area contributed by atoms with Gasteiger partial charge in [-0.05, 0) is 38.0 Å². The molecule has 0 fully saturated rings. The third-order valence-electron chi connectivity index (χ3n) is 1.63. The average molecular weight is 205 g/mol. The Morgan fingerprint density at radius 2 is 2.00 bits per heavy atom. The summed E-state index contributed by atoms with van der Waals surface area (Å²) in [7, 11) is 0. The van der Waals surface area contributed by atoms with Crippen molar-refractivity contribution in [2.45, 2.75) is 26.9 Å². The van der Waals surface area contributed by atoms with E-state index in [0.29, 0.717) is 16.9 Å². The second-order valence-corrected chi connectivity index (χ2v) is 3.36. The molecule has 1 nitrogen and oxygen atoms in total. The zero-order valence-electron chi connectivity index (χ0n) is 8.01. The van der Waals surface area contributed by atoms with Crippen LogP contribution in [0.2, 0.25) is 0 Å². The zero-order chi connectivity index (χ0) is 10.4. The van der Waals surface area contributed by atoms with Crippen LogP contribution in [0.5, 0.6) is 0 Å². The molecule has 0 amide bonds. The van der Waals surface area contributed by atoms with Gasteiger partial charge in [-0.3, -0.25) is 0 Å². The van der Waals surface area contributed by atoms with Gasteiger partial charge in [-0.1, -0.05) is 17.7 Å². The first-order valence-electron chi connectivity index (χ1n) is 3.99. The van der Waals surface area contributed by atoms with E-state index < -0.39 is 6.10 Å². The predicted molar refractivity (Wildman–Crippen MR) is 54.2 cm³/mol. The molecule has 0 saturated carbocycles. The number of rotatable bonds is 3.